The van der Waals surface area contributed by atoms with Gasteiger partial charge in [-0.2, -0.15) is 4.99 Å². The lowest BCUT2D eigenvalue weighted by Gasteiger charge is -1.98. The lowest BCUT2D eigenvalue weighted by atomic mass is 10.1. The van der Waals surface area contributed by atoms with Crippen molar-refractivity contribution in [2.24, 2.45) is 4.99 Å². The molecule has 0 atom stereocenters. The summed E-state index contributed by atoms with van der Waals surface area (Å²) in [7, 11) is 0. The largest absolute Gasteiger partial charge is 0.441 e. The van der Waals surface area contributed by atoms with E-state index in [1.54, 1.807) is 18.2 Å². The number of hydrogen-bond donors (Lipinski definition) is 0. The van der Waals surface area contributed by atoms with Gasteiger partial charge in [-0.25, -0.2) is 9.18 Å². The Kier molecular flexibility index (Phi) is 1.81. The molecular formula is C9H6FNO2. The highest BCUT2D eigenvalue weighted by molar-refractivity contribution is 6.09. The third-order valence-corrected chi connectivity index (χ3v) is 1.74. The first-order valence-electron chi connectivity index (χ1n) is 3.76. The molecule has 0 spiro atoms. The van der Waals surface area contributed by atoms with Crippen LogP contribution in [0.4, 0.5) is 9.18 Å². The molecule has 0 aliphatic carbocycles. The van der Waals surface area contributed by atoms with Gasteiger partial charge in [-0.3, -0.25) is 0 Å². The summed E-state index contributed by atoms with van der Waals surface area (Å²) < 4.78 is 17.7. The first kappa shape index (κ1) is 7.91. The number of ether oxygens (including phenoxy) is 1. The molecule has 0 N–H and O–H groups in total. The Morgan fingerprint density at radius 3 is 2.77 bits per heavy atom. The summed E-state index contributed by atoms with van der Waals surface area (Å²) in [5.74, 6) is -0.389. The molecule has 13 heavy (non-hydrogen) atoms. The monoisotopic (exact) mass is 179 g/mol. The molecule has 0 saturated carbocycles. The van der Waals surface area contributed by atoms with Crippen LogP contribution >= 0.6 is 0 Å². The molecule has 1 amide bonds. The Morgan fingerprint density at radius 1 is 1.38 bits per heavy atom. The Balaban J connectivity index is 2.41. The minimum absolute atomic E-state index is 0.0553. The van der Waals surface area contributed by atoms with Gasteiger partial charge in [-0.05, 0) is 6.07 Å². The van der Waals surface area contributed by atoms with Crippen LogP contribution in [0.25, 0.3) is 0 Å². The van der Waals surface area contributed by atoms with Gasteiger partial charge in [0.25, 0.3) is 0 Å². The highest BCUT2D eigenvalue weighted by Gasteiger charge is 2.18. The van der Waals surface area contributed by atoms with Gasteiger partial charge >= 0.3 is 6.09 Å². The van der Waals surface area contributed by atoms with Crippen LogP contribution in [0.2, 0.25) is 0 Å². The van der Waals surface area contributed by atoms with Crippen molar-refractivity contribution in [1.29, 1.82) is 0 Å². The minimum atomic E-state index is -0.654. The summed E-state index contributed by atoms with van der Waals surface area (Å²) >= 11 is 0. The highest BCUT2D eigenvalue weighted by Crippen LogP contribution is 2.12. The van der Waals surface area contributed by atoms with E-state index in [4.69, 9.17) is 0 Å². The summed E-state index contributed by atoms with van der Waals surface area (Å²) in [6.07, 6.45) is -0.654. The number of aliphatic imine (C=N–C) groups is 1. The SMILES string of the molecule is O=C1N=C(c2ccccc2F)CO1. The number of benzene rings is 1. The van der Waals surface area contributed by atoms with Gasteiger partial charge < -0.3 is 4.74 Å². The molecular weight excluding hydrogens is 173 g/mol. The second-order valence-corrected chi connectivity index (χ2v) is 2.59. The Hall–Kier alpha value is -1.71. The number of amides is 1. The van der Waals surface area contributed by atoms with Crippen molar-refractivity contribution in [2.45, 2.75) is 0 Å². The maximum Gasteiger partial charge on any atom is 0.434 e. The second kappa shape index (κ2) is 2.97. The molecule has 0 bridgehead atoms. The third-order valence-electron chi connectivity index (χ3n) is 1.74. The molecule has 0 fully saturated rings. The molecule has 1 aliphatic rings. The second-order valence-electron chi connectivity index (χ2n) is 2.59. The molecule has 0 saturated heterocycles. The van der Waals surface area contributed by atoms with Crippen molar-refractivity contribution >= 4 is 11.8 Å². The van der Waals surface area contributed by atoms with Gasteiger partial charge in [0.1, 0.15) is 12.4 Å². The van der Waals surface area contributed by atoms with Crippen molar-refractivity contribution in [3.8, 4) is 0 Å². The normalized spacial score (nSPS) is 15.5. The van der Waals surface area contributed by atoms with E-state index in [1.165, 1.54) is 6.07 Å². The van der Waals surface area contributed by atoms with Crippen LogP contribution in [0.1, 0.15) is 5.56 Å². The Morgan fingerprint density at radius 2 is 2.15 bits per heavy atom. The van der Waals surface area contributed by atoms with Gasteiger partial charge in [-0.1, -0.05) is 18.2 Å². The van der Waals surface area contributed by atoms with Crippen molar-refractivity contribution < 1.29 is 13.9 Å². The number of rotatable bonds is 1. The van der Waals surface area contributed by atoms with Crippen LogP contribution < -0.4 is 0 Å². The average Bonchev–Trinajstić information content (AvgIpc) is 2.53. The van der Waals surface area contributed by atoms with Gasteiger partial charge in [0, 0.05) is 5.56 Å². The van der Waals surface area contributed by atoms with Crippen molar-refractivity contribution in [3.63, 3.8) is 0 Å². The molecule has 1 aliphatic heterocycles. The van der Waals surface area contributed by atoms with Crippen LogP contribution in [0.15, 0.2) is 29.3 Å². The molecule has 0 radical (unpaired) electrons. The summed E-state index contributed by atoms with van der Waals surface area (Å²) in [6.45, 7) is 0.0553. The smallest absolute Gasteiger partial charge is 0.434 e. The quantitative estimate of drug-likeness (QED) is 0.658. The van der Waals surface area contributed by atoms with Gasteiger partial charge in [-0.15, -0.1) is 0 Å². The van der Waals surface area contributed by atoms with Gasteiger partial charge in [0.2, 0.25) is 0 Å². The van der Waals surface area contributed by atoms with E-state index < -0.39 is 6.09 Å². The van der Waals surface area contributed by atoms with E-state index >= 15 is 0 Å². The van der Waals surface area contributed by atoms with E-state index in [0.717, 1.165) is 0 Å². The zero-order valence-corrected chi connectivity index (χ0v) is 6.66. The number of cyclic esters (lactones) is 1. The van der Waals surface area contributed by atoms with Crippen molar-refractivity contribution in [3.05, 3.63) is 35.6 Å². The molecule has 3 nitrogen and oxygen atoms in total. The minimum Gasteiger partial charge on any atom is -0.441 e. The number of nitrogens with zero attached hydrogens (tertiary/aromatic N) is 1. The molecule has 1 aromatic carbocycles. The summed E-state index contributed by atoms with van der Waals surface area (Å²) in [5.41, 5.74) is 0.677. The van der Waals surface area contributed by atoms with Crippen LogP contribution in [0.5, 0.6) is 0 Å². The highest BCUT2D eigenvalue weighted by atomic mass is 19.1. The number of hydrogen-bond acceptors (Lipinski definition) is 2. The summed E-state index contributed by atoms with van der Waals surface area (Å²) in [5, 5.41) is 0. The maximum absolute atomic E-state index is 13.1. The summed E-state index contributed by atoms with van der Waals surface area (Å²) in [4.78, 5) is 14.1. The fourth-order valence-electron chi connectivity index (χ4n) is 1.14. The molecule has 4 heteroatoms. The van der Waals surface area contributed by atoms with Crippen molar-refractivity contribution in [2.75, 3.05) is 6.61 Å². The molecule has 1 heterocycles. The zero-order chi connectivity index (χ0) is 9.26. The van der Waals surface area contributed by atoms with E-state index in [-0.39, 0.29) is 12.4 Å². The number of halogens is 1. The number of carbonyl (C=O) groups excluding carboxylic acids is 1. The topological polar surface area (TPSA) is 38.7 Å². The lowest BCUT2D eigenvalue weighted by molar-refractivity contribution is 0.181. The fraction of sp³-hybridized carbons (Fsp3) is 0.111. The molecule has 2 rings (SSSR count). The predicted molar refractivity (Wildman–Crippen MR) is 44.3 cm³/mol. The van der Waals surface area contributed by atoms with E-state index in [2.05, 4.69) is 9.73 Å². The Labute approximate surface area is 73.9 Å². The molecule has 66 valence electrons. The van der Waals surface area contributed by atoms with Crippen LogP contribution in [0, 0.1) is 5.82 Å². The standard InChI is InChI=1S/C9H6FNO2/c10-7-4-2-1-3-6(7)8-5-13-9(12)11-8/h1-4H,5H2. The van der Waals surface area contributed by atoms with Crippen LogP contribution in [-0.4, -0.2) is 18.4 Å². The average molecular weight is 179 g/mol. The molecule has 1 aromatic rings. The zero-order valence-electron chi connectivity index (χ0n) is 6.66. The van der Waals surface area contributed by atoms with Gasteiger partial charge in [0.05, 0.1) is 5.71 Å². The first-order valence-corrected chi connectivity index (χ1v) is 3.76. The number of carbonyl (C=O) groups is 1. The Bertz CT molecular complexity index is 387. The van der Waals surface area contributed by atoms with Gasteiger partial charge in [0.15, 0.2) is 0 Å². The van der Waals surface area contributed by atoms with Crippen LogP contribution in [0.3, 0.4) is 0 Å². The first-order chi connectivity index (χ1) is 6.27. The van der Waals surface area contributed by atoms with E-state index in [0.29, 0.717) is 11.3 Å². The van der Waals surface area contributed by atoms with E-state index in [9.17, 15) is 9.18 Å². The lowest BCUT2D eigenvalue weighted by Crippen LogP contribution is -2.05. The van der Waals surface area contributed by atoms with E-state index in [1.807, 2.05) is 0 Å². The maximum atomic E-state index is 13.1. The summed E-state index contributed by atoms with van der Waals surface area (Å²) in [6, 6.07) is 6.15. The van der Waals surface area contributed by atoms with Crippen LogP contribution in [-0.2, 0) is 4.74 Å². The molecule has 0 aromatic heterocycles. The molecule has 0 unspecified atom stereocenters. The fourth-order valence-corrected chi connectivity index (χ4v) is 1.14. The third kappa shape index (κ3) is 1.42. The van der Waals surface area contributed by atoms with Crippen molar-refractivity contribution in [1.82, 2.24) is 0 Å². The predicted octanol–water partition coefficient (Wildman–Crippen LogP) is 1.77.